The summed E-state index contributed by atoms with van der Waals surface area (Å²) >= 11 is 0. The van der Waals surface area contributed by atoms with E-state index in [1.807, 2.05) is 18.2 Å². The minimum absolute atomic E-state index is 0.146. The van der Waals surface area contributed by atoms with Crippen molar-refractivity contribution in [2.24, 2.45) is 5.92 Å². The highest BCUT2D eigenvalue weighted by atomic mass is 19.1. The Kier molecular flexibility index (Phi) is 4.66. The van der Waals surface area contributed by atoms with Crippen LogP contribution in [0.3, 0.4) is 0 Å². The summed E-state index contributed by atoms with van der Waals surface area (Å²) in [6, 6.07) is 17.4. The summed E-state index contributed by atoms with van der Waals surface area (Å²) in [5.74, 6) is 0.609. The molecule has 0 aromatic heterocycles. The molecule has 0 radical (unpaired) electrons. The third-order valence-electron chi connectivity index (χ3n) is 4.42. The van der Waals surface area contributed by atoms with Gasteiger partial charge in [0.2, 0.25) is 0 Å². The summed E-state index contributed by atoms with van der Waals surface area (Å²) < 4.78 is 13.2. The molecule has 0 bridgehead atoms. The molecule has 0 amide bonds. The molecule has 2 aromatic carbocycles. The average Bonchev–Trinajstić information content (AvgIpc) is 3.04. The van der Waals surface area contributed by atoms with Crippen LogP contribution >= 0.6 is 0 Å². The molecular weight excluding hydrogens is 261 g/mol. The lowest BCUT2D eigenvalue weighted by Crippen LogP contribution is -2.27. The topological polar surface area (TPSA) is 12.0 Å². The Bertz CT molecular complexity index is 544. The molecule has 1 saturated carbocycles. The standard InChI is InChI=1S/C19H22FN/c20-18-12-10-17(11-13-18)19(16-8-2-1-3-9-16)21-14-15-6-4-5-7-15/h1-3,8-13,15,19,21H,4-7,14H2. The highest BCUT2D eigenvalue weighted by Crippen LogP contribution is 2.27. The SMILES string of the molecule is Fc1ccc(C(NCC2CCCC2)c2ccccc2)cc1. The molecule has 110 valence electrons. The molecule has 0 heterocycles. The third-order valence-corrected chi connectivity index (χ3v) is 4.42. The Hall–Kier alpha value is -1.67. The van der Waals surface area contributed by atoms with Crippen molar-refractivity contribution in [1.29, 1.82) is 0 Å². The molecule has 1 nitrogen and oxygen atoms in total. The van der Waals surface area contributed by atoms with Gasteiger partial charge in [-0.2, -0.15) is 0 Å². The first-order valence-electron chi connectivity index (χ1n) is 7.87. The van der Waals surface area contributed by atoms with Crippen LogP contribution in [0.25, 0.3) is 0 Å². The molecular formula is C19H22FN. The maximum atomic E-state index is 13.2. The molecule has 2 aromatic rings. The van der Waals surface area contributed by atoms with E-state index in [-0.39, 0.29) is 11.9 Å². The summed E-state index contributed by atoms with van der Waals surface area (Å²) in [4.78, 5) is 0. The fourth-order valence-corrected chi connectivity index (χ4v) is 3.23. The zero-order valence-corrected chi connectivity index (χ0v) is 12.3. The first kappa shape index (κ1) is 14.3. The van der Waals surface area contributed by atoms with Gasteiger partial charge in [0.15, 0.2) is 0 Å². The third kappa shape index (κ3) is 3.70. The molecule has 0 aliphatic heterocycles. The molecule has 1 aliphatic carbocycles. The number of hydrogen-bond acceptors (Lipinski definition) is 1. The second kappa shape index (κ2) is 6.86. The molecule has 0 saturated heterocycles. The summed E-state index contributed by atoms with van der Waals surface area (Å²) in [6.07, 6.45) is 5.38. The van der Waals surface area contributed by atoms with E-state index in [0.29, 0.717) is 0 Å². The predicted octanol–water partition coefficient (Wildman–Crippen LogP) is 4.69. The Labute approximate surface area is 126 Å². The van der Waals surface area contributed by atoms with Crippen LogP contribution in [0.4, 0.5) is 4.39 Å². The van der Waals surface area contributed by atoms with Crippen LogP contribution in [0.1, 0.15) is 42.9 Å². The van der Waals surface area contributed by atoms with Crippen LogP contribution in [0.5, 0.6) is 0 Å². The number of hydrogen-bond donors (Lipinski definition) is 1. The van der Waals surface area contributed by atoms with Crippen molar-refractivity contribution < 1.29 is 4.39 Å². The number of nitrogens with one attached hydrogen (secondary N) is 1. The van der Waals surface area contributed by atoms with E-state index in [4.69, 9.17) is 0 Å². The van der Waals surface area contributed by atoms with E-state index in [0.717, 1.165) is 18.0 Å². The Morgan fingerprint density at radius 3 is 2.19 bits per heavy atom. The minimum atomic E-state index is -0.179. The molecule has 1 N–H and O–H groups in total. The van der Waals surface area contributed by atoms with Crippen molar-refractivity contribution in [3.05, 3.63) is 71.5 Å². The van der Waals surface area contributed by atoms with Crippen LogP contribution in [-0.4, -0.2) is 6.54 Å². The quantitative estimate of drug-likeness (QED) is 0.839. The Morgan fingerprint density at radius 1 is 0.905 bits per heavy atom. The van der Waals surface area contributed by atoms with Crippen LogP contribution in [0.2, 0.25) is 0 Å². The maximum absolute atomic E-state index is 13.2. The Balaban J connectivity index is 1.78. The largest absolute Gasteiger partial charge is 0.306 e. The highest BCUT2D eigenvalue weighted by molar-refractivity contribution is 5.31. The minimum Gasteiger partial charge on any atom is -0.306 e. The van der Waals surface area contributed by atoms with Gasteiger partial charge in [-0.3, -0.25) is 0 Å². The number of rotatable bonds is 5. The van der Waals surface area contributed by atoms with Gasteiger partial charge in [-0.25, -0.2) is 4.39 Å². The van der Waals surface area contributed by atoms with Gasteiger partial charge in [-0.15, -0.1) is 0 Å². The molecule has 2 heteroatoms. The fraction of sp³-hybridized carbons (Fsp3) is 0.368. The van der Waals surface area contributed by atoms with Crippen LogP contribution in [0, 0.1) is 11.7 Å². The van der Waals surface area contributed by atoms with Crippen molar-refractivity contribution in [3.8, 4) is 0 Å². The first-order valence-corrected chi connectivity index (χ1v) is 7.87. The smallest absolute Gasteiger partial charge is 0.123 e. The molecule has 1 fully saturated rings. The zero-order chi connectivity index (χ0) is 14.5. The normalized spacial score (nSPS) is 17.0. The molecule has 3 rings (SSSR count). The fourth-order valence-electron chi connectivity index (χ4n) is 3.23. The summed E-state index contributed by atoms with van der Waals surface area (Å²) in [6.45, 7) is 1.04. The van der Waals surface area contributed by atoms with Crippen molar-refractivity contribution >= 4 is 0 Å². The van der Waals surface area contributed by atoms with Gasteiger partial charge in [0.25, 0.3) is 0 Å². The van der Waals surface area contributed by atoms with Crippen molar-refractivity contribution in [3.63, 3.8) is 0 Å². The zero-order valence-electron chi connectivity index (χ0n) is 12.3. The van der Waals surface area contributed by atoms with E-state index in [1.54, 1.807) is 12.1 Å². The number of benzene rings is 2. The van der Waals surface area contributed by atoms with Crippen LogP contribution in [-0.2, 0) is 0 Å². The van der Waals surface area contributed by atoms with Gasteiger partial charge in [-0.1, -0.05) is 55.3 Å². The van der Waals surface area contributed by atoms with Crippen molar-refractivity contribution in [2.75, 3.05) is 6.54 Å². The molecule has 1 unspecified atom stereocenters. The molecule has 21 heavy (non-hydrogen) atoms. The second-order valence-corrected chi connectivity index (χ2v) is 5.95. The predicted molar refractivity (Wildman–Crippen MR) is 84.6 cm³/mol. The molecule has 1 aliphatic rings. The van der Waals surface area contributed by atoms with Crippen molar-refractivity contribution in [1.82, 2.24) is 5.32 Å². The second-order valence-electron chi connectivity index (χ2n) is 5.95. The van der Waals surface area contributed by atoms with E-state index in [9.17, 15) is 4.39 Å². The lowest BCUT2D eigenvalue weighted by atomic mass is 9.97. The highest BCUT2D eigenvalue weighted by Gasteiger charge is 2.18. The van der Waals surface area contributed by atoms with Gasteiger partial charge >= 0.3 is 0 Å². The lowest BCUT2D eigenvalue weighted by molar-refractivity contribution is 0.463. The van der Waals surface area contributed by atoms with E-state index in [1.165, 1.54) is 31.2 Å². The summed E-state index contributed by atoms with van der Waals surface area (Å²) in [5, 5.41) is 3.69. The van der Waals surface area contributed by atoms with Gasteiger partial charge in [0.05, 0.1) is 6.04 Å². The lowest BCUT2D eigenvalue weighted by Gasteiger charge is -2.22. The summed E-state index contributed by atoms with van der Waals surface area (Å²) in [5.41, 5.74) is 2.36. The average molecular weight is 283 g/mol. The summed E-state index contributed by atoms with van der Waals surface area (Å²) in [7, 11) is 0. The molecule has 1 atom stereocenters. The van der Waals surface area contributed by atoms with Gasteiger partial charge in [0, 0.05) is 0 Å². The van der Waals surface area contributed by atoms with Crippen molar-refractivity contribution in [2.45, 2.75) is 31.7 Å². The van der Waals surface area contributed by atoms with E-state index in [2.05, 4.69) is 29.6 Å². The van der Waals surface area contributed by atoms with Crippen LogP contribution in [0.15, 0.2) is 54.6 Å². The van der Waals surface area contributed by atoms with E-state index >= 15 is 0 Å². The van der Waals surface area contributed by atoms with Gasteiger partial charge < -0.3 is 5.32 Å². The Morgan fingerprint density at radius 2 is 1.52 bits per heavy atom. The van der Waals surface area contributed by atoms with Gasteiger partial charge in [-0.05, 0) is 48.6 Å². The monoisotopic (exact) mass is 283 g/mol. The van der Waals surface area contributed by atoms with E-state index < -0.39 is 0 Å². The van der Waals surface area contributed by atoms with Crippen LogP contribution < -0.4 is 5.32 Å². The first-order chi connectivity index (χ1) is 10.3. The maximum Gasteiger partial charge on any atom is 0.123 e. The number of halogens is 1. The van der Waals surface area contributed by atoms with Gasteiger partial charge in [0.1, 0.15) is 5.82 Å². The molecule has 0 spiro atoms.